The molecule has 0 atom stereocenters. The first kappa shape index (κ1) is 18.5. The number of rotatable bonds is 5. The van der Waals surface area contributed by atoms with Gasteiger partial charge in [0.05, 0.1) is 0 Å². The Kier molecular flexibility index (Phi) is 5.38. The van der Waals surface area contributed by atoms with Gasteiger partial charge in [0.25, 0.3) is 5.91 Å². The van der Waals surface area contributed by atoms with E-state index in [2.05, 4.69) is 15.5 Å². The van der Waals surface area contributed by atoms with Crippen molar-refractivity contribution in [2.45, 2.75) is 43.9 Å². The maximum Gasteiger partial charge on any atom is 0.279 e. The largest absolute Gasteiger partial charge is 0.360 e. The third-order valence-corrected chi connectivity index (χ3v) is 6.14. The van der Waals surface area contributed by atoms with Crippen molar-refractivity contribution in [1.29, 1.82) is 0 Å². The van der Waals surface area contributed by atoms with Gasteiger partial charge in [0, 0.05) is 31.3 Å². The number of pyridine rings is 1. The summed E-state index contributed by atoms with van der Waals surface area (Å²) in [6.45, 7) is 4.94. The molecule has 2 aromatic heterocycles. The van der Waals surface area contributed by atoms with Gasteiger partial charge in [-0.2, -0.15) is 4.31 Å². The van der Waals surface area contributed by atoms with E-state index in [1.807, 2.05) is 13.8 Å². The first-order valence-corrected chi connectivity index (χ1v) is 10.1. The van der Waals surface area contributed by atoms with E-state index < -0.39 is 15.9 Å². The van der Waals surface area contributed by atoms with Gasteiger partial charge in [0.1, 0.15) is 16.5 Å². The highest BCUT2D eigenvalue weighted by molar-refractivity contribution is 7.89. The van der Waals surface area contributed by atoms with E-state index in [1.54, 1.807) is 6.07 Å². The van der Waals surface area contributed by atoms with Crippen molar-refractivity contribution in [3.05, 3.63) is 35.9 Å². The zero-order valence-electron chi connectivity index (χ0n) is 14.8. The van der Waals surface area contributed by atoms with Crippen LogP contribution in [0, 0.1) is 0 Å². The van der Waals surface area contributed by atoms with Crippen LogP contribution in [-0.4, -0.2) is 41.9 Å². The summed E-state index contributed by atoms with van der Waals surface area (Å²) < 4.78 is 31.8. The zero-order chi connectivity index (χ0) is 18.7. The van der Waals surface area contributed by atoms with Crippen molar-refractivity contribution in [1.82, 2.24) is 14.4 Å². The van der Waals surface area contributed by atoms with Gasteiger partial charge in [-0.05, 0) is 25.0 Å². The molecule has 0 aromatic carbocycles. The Labute approximate surface area is 152 Å². The Morgan fingerprint density at radius 2 is 1.96 bits per heavy atom. The maximum atomic E-state index is 12.6. The molecule has 140 valence electrons. The number of aromatic nitrogens is 2. The van der Waals surface area contributed by atoms with Crippen LogP contribution in [0.15, 0.2) is 33.8 Å². The number of anilines is 1. The summed E-state index contributed by atoms with van der Waals surface area (Å²) in [7, 11) is -3.53. The third kappa shape index (κ3) is 3.94. The highest BCUT2D eigenvalue weighted by Crippen LogP contribution is 2.21. The van der Waals surface area contributed by atoms with Gasteiger partial charge in [-0.15, -0.1) is 0 Å². The number of amides is 1. The van der Waals surface area contributed by atoms with Crippen molar-refractivity contribution in [3.8, 4) is 0 Å². The summed E-state index contributed by atoms with van der Waals surface area (Å²) in [5.41, 5.74) is 0.153. The molecule has 2 aromatic rings. The fraction of sp³-hybridized carbons (Fsp3) is 0.471. The number of nitrogens with one attached hydrogen (secondary N) is 1. The molecule has 26 heavy (non-hydrogen) atoms. The molecule has 0 unspecified atom stereocenters. The van der Waals surface area contributed by atoms with Crippen LogP contribution in [0.1, 0.15) is 55.3 Å². The summed E-state index contributed by atoms with van der Waals surface area (Å²) in [5.74, 6) is 0.536. The van der Waals surface area contributed by atoms with Crippen LogP contribution >= 0.6 is 0 Å². The molecular formula is C17H22N4O4S. The molecule has 1 saturated heterocycles. The molecule has 0 spiro atoms. The van der Waals surface area contributed by atoms with E-state index in [1.165, 1.54) is 22.6 Å². The Morgan fingerprint density at radius 3 is 2.54 bits per heavy atom. The molecule has 1 aliphatic rings. The summed E-state index contributed by atoms with van der Waals surface area (Å²) in [6, 6.07) is 4.50. The quantitative estimate of drug-likeness (QED) is 0.857. The fourth-order valence-corrected chi connectivity index (χ4v) is 4.17. The van der Waals surface area contributed by atoms with Crippen LogP contribution in [0.25, 0.3) is 0 Å². The summed E-state index contributed by atoms with van der Waals surface area (Å²) >= 11 is 0. The summed E-state index contributed by atoms with van der Waals surface area (Å²) in [4.78, 5) is 16.4. The topological polar surface area (TPSA) is 105 Å². The minimum Gasteiger partial charge on any atom is -0.360 e. The maximum absolute atomic E-state index is 12.6. The fourth-order valence-electron chi connectivity index (χ4n) is 2.71. The van der Waals surface area contributed by atoms with Gasteiger partial charge in [0.15, 0.2) is 5.69 Å². The molecule has 0 bridgehead atoms. The van der Waals surface area contributed by atoms with Gasteiger partial charge < -0.3 is 9.84 Å². The second-order valence-electron chi connectivity index (χ2n) is 6.57. The molecule has 9 heteroatoms. The average Bonchev–Trinajstić information content (AvgIpc) is 3.13. The van der Waals surface area contributed by atoms with Gasteiger partial charge in [-0.25, -0.2) is 13.4 Å². The second kappa shape index (κ2) is 7.55. The lowest BCUT2D eigenvalue weighted by Crippen LogP contribution is -2.35. The molecule has 0 radical (unpaired) electrons. The molecular weight excluding hydrogens is 356 g/mol. The lowest BCUT2D eigenvalue weighted by Gasteiger charge is -2.25. The summed E-state index contributed by atoms with van der Waals surface area (Å²) in [5, 5.41) is 6.32. The van der Waals surface area contributed by atoms with Crippen LogP contribution < -0.4 is 5.32 Å². The van der Waals surface area contributed by atoms with Crippen molar-refractivity contribution in [2.24, 2.45) is 0 Å². The smallest absolute Gasteiger partial charge is 0.279 e. The van der Waals surface area contributed by atoms with E-state index >= 15 is 0 Å². The van der Waals surface area contributed by atoms with Gasteiger partial charge in [-0.3, -0.25) is 4.79 Å². The predicted octanol–water partition coefficient (Wildman–Crippen LogP) is 2.62. The number of hydrogen-bond donors (Lipinski definition) is 1. The lowest BCUT2D eigenvalue weighted by molar-refractivity contribution is 0.101. The minimum atomic E-state index is -3.53. The van der Waals surface area contributed by atoms with E-state index in [-0.39, 0.29) is 22.3 Å². The Morgan fingerprint density at radius 1 is 1.23 bits per heavy atom. The number of hydrogen-bond acceptors (Lipinski definition) is 6. The number of carbonyl (C=O) groups excluding carboxylic acids is 1. The minimum absolute atomic E-state index is 0.126. The Balaban J connectivity index is 1.70. The van der Waals surface area contributed by atoms with Crippen LogP contribution in [0.4, 0.5) is 5.82 Å². The van der Waals surface area contributed by atoms with E-state index in [0.29, 0.717) is 18.8 Å². The standard InChI is InChI=1S/C17H22N4O4S/c1-12(2)15-10-14(20-25-15)17(22)19-16-7-6-13(11-18-16)26(23,24)21-8-4-3-5-9-21/h6-7,10-12H,3-5,8-9H2,1-2H3,(H,18,19,22). The molecule has 0 aliphatic carbocycles. The Bertz CT molecular complexity index is 868. The van der Waals surface area contributed by atoms with Crippen LogP contribution in [0.2, 0.25) is 0 Å². The highest BCUT2D eigenvalue weighted by atomic mass is 32.2. The van der Waals surface area contributed by atoms with Crippen molar-refractivity contribution < 1.29 is 17.7 Å². The van der Waals surface area contributed by atoms with Crippen LogP contribution in [0.5, 0.6) is 0 Å². The van der Waals surface area contributed by atoms with E-state index in [4.69, 9.17) is 4.52 Å². The van der Waals surface area contributed by atoms with Crippen molar-refractivity contribution in [2.75, 3.05) is 18.4 Å². The normalized spacial score (nSPS) is 16.0. The molecule has 1 N–H and O–H groups in total. The summed E-state index contributed by atoms with van der Waals surface area (Å²) in [6.07, 6.45) is 4.06. The van der Waals surface area contributed by atoms with Crippen molar-refractivity contribution >= 4 is 21.7 Å². The number of nitrogens with zero attached hydrogens (tertiary/aromatic N) is 3. The first-order valence-electron chi connectivity index (χ1n) is 8.62. The zero-order valence-corrected chi connectivity index (χ0v) is 15.6. The number of piperidine rings is 1. The predicted molar refractivity (Wildman–Crippen MR) is 95.4 cm³/mol. The van der Waals surface area contributed by atoms with Gasteiger partial charge in [0.2, 0.25) is 10.0 Å². The Hall–Kier alpha value is -2.26. The SMILES string of the molecule is CC(C)c1cc(C(=O)Nc2ccc(S(=O)(=O)N3CCCCC3)cn2)no1. The number of sulfonamides is 1. The molecule has 1 fully saturated rings. The average molecular weight is 378 g/mol. The highest BCUT2D eigenvalue weighted by Gasteiger charge is 2.26. The van der Waals surface area contributed by atoms with Crippen molar-refractivity contribution in [3.63, 3.8) is 0 Å². The third-order valence-electron chi connectivity index (χ3n) is 4.26. The second-order valence-corrected chi connectivity index (χ2v) is 8.51. The van der Waals surface area contributed by atoms with Gasteiger partial charge in [-0.1, -0.05) is 25.4 Å². The molecule has 1 amide bonds. The molecule has 1 aliphatic heterocycles. The van der Waals surface area contributed by atoms with Gasteiger partial charge >= 0.3 is 0 Å². The molecule has 3 rings (SSSR count). The molecule has 8 nitrogen and oxygen atoms in total. The van der Waals surface area contributed by atoms with Crippen LogP contribution in [0.3, 0.4) is 0 Å². The lowest BCUT2D eigenvalue weighted by atomic mass is 10.1. The molecule has 0 saturated carbocycles. The first-order chi connectivity index (χ1) is 12.4. The van der Waals surface area contributed by atoms with E-state index in [9.17, 15) is 13.2 Å². The van der Waals surface area contributed by atoms with E-state index in [0.717, 1.165) is 19.3 Å². The monoisotopic (exact) mass is 378 g/mol. The number of carbonyl (C=O) groups is 1. The van der Waals surface area contributed by atoms with Crippen LogP contribution in [-0.2, 0) is 10.0 Å². The molecule has 3 heterocycles.